The lowest BCUT2D eigenvalue weighted by atomic mass is 10.0. The van der Waals surface area contributed by atoms with Crippen LogP contribution in [0.4, 0.5) is 0 Å². The summed E-state index contributed by atoms with van der Waals surface area (Å²) in [5, 5.41) is 0. The van der Waals surface area contributed by atoms with Crippen LogP contribution in [0.1, 0.15) is 46.5 Å². The van der Waals surface area contributed by atoms with Gasteiger partial charge >= 0.3 is 0 Å². The minimum absolute atomic E-state index is 0.885. The number of hydrogen-bond donors (Lipinski definition) is 0. The molecule has 0 spiro atoms. The van der Waals surface area contributed by atoms with Crippen molar-refractivity contribution in [3.05, 3.63) is 0 Å². The fraction of sp³-hybridized carbons (Fsp3) is 1.00. The second kappa shape index (κ2) is 7.10. The molecule has 0 bridgehead atoms. The quantitative estimate of drug-likeness (QED) is 0.529. The molecule has 0 N–H and O–H groups in total. The molecule has 0 nitrogen and oxygen atoms in total. The van der Waals surface area contributed by atoms with Crippen LogP contribution in [0, 0.1) is 5.92 Å². The molecule has 0 aromatic rings. The van der Waals surface area contributed by atoms with E-state index < -0.39 is 0 Å². The maximum absolute atomic E-state index is 2.32. The zero-order valence-corrected chi connectivity index (χ0v) is 9.32. The standard InChI is InChI=1S/C10H22P/c1-5-6-10(11-4)8-7-9(2)3/h9-10H,5-8H2,1-4H3/q-1. The molecule has 0 saturated heterocycles. The Balaban J connectivity index is 3.35. The largest absolute Gasteiger partial charge is 0.540 e. The molecular weight excluding hydrogens is 151 g/mol. The summed E-state index contributed by atoms with van der Waals surface area (Å²) in [6, 6.07) is 0. The number of hydrogen-bond acceptors (Lipinski definition) is 0. The van der Waals surface area contributed by atoms with Crippen LogP contribution in [0.15, 0.2) is 0 Å². The lowest BCUT2D eigenvalue weighted by Gasteiger charge is -2.26. The van der Waals surface area contributed by atoms with Gasteiger partial charge in [0.15, 0.2) is 0 Å². The van der Waals surface area contributed by atoms with Crippen LogP contribution >= 0.6 is 8.58 Å². The first-order valence-corrected chi connectivity index (χ1v) is 6.20. The molecule has 1 atom stereocenters. The Morgan fingerprint density at radius 3 is 2.09 bits per heavy atom. The van der Waals surface area contributed by atoms with E-state index in [0.717, 1.165) is 11.6 Å². The van der Waals surface area contributed by atoms with E-state index in [4.69, 9.17) is 0 Å². The van der Waals surface area contributed by atoms with Gasteiger partial charge in [-0.15, -0.1) is 0 Å². The second-order valence-electron chi connectivity index (χ2n) is 3.67. The Hall–Kier alpha value is 0.430. The highest BCUT2D eigenvalue weighted by atomic mass is 31.1. The molecule has 68 valence electrons. The van der Waals surface area contributed by atoms with E-state index in [1.807, 2.05) is 0 Å². The van der Waals surface area contributed by atoms with E-state index in [9.17, 15) is 0 Å². The van der Waals surface area contributed by atoms with Gasteiger partial charge in [0.05, 0.1) is 0 Å². The summed E-state index contributed by atoms with van der Waals surface area (Å²) in [5.41, 5.74) is 0.974. The average Bonchev–Trinajstić information content (AvgIpc) is 1.97. The Kier molecular flexibility index (Phi) is 7.38. The van der Waals surface area contributed by atoms with Crippen LogP contribution < -0.4 is 0 Å². The Labute approximate surface area is 73.9 Å². The number of rotatable bonds is 6. The minimum atomic E-state index is 0.885. The highest BCUT2D eigenvalue weighted by Crippen LogP contribution is 2.25. The molecule has 0 aliphatic heterocycles. The summed E-state index contributed by atoms with van der Waals surface area (Å²) < 4.78 is 0. The maximum atomic E-state index is 2.32. The molecule has 0 heterocycles. The van der Waals surface area contributed by atoms with E-state index in [2.05, 4.69) is 27.4 Å². The summed E-state index contributed by atoms with van der Waals surface area (Å²) in [7, 11) is 1.60. The van der Waals surface area contributed by atoms with Crippen molar-refractivity contribution < 1.29 is 0 Å². The van der Waals surface area contributed by atoms with Gasteiger partial charge in [-0.25, -0.2) is 0 Å². The first kappa shape index (κ1) is 11.4. The van der Waals surface area contributed by atoms with Crippen LogP contribution in [0.3, 0.4) is 0 Å². The van der Waals surface area contributed by atoms with Gasteiger partial charge in [-0.1, -0.05) is 46.5 Å². The molecule has 1 unspecified atom stereocenters. The highest BCUT2D eigenvalue weighted by molar-refractivity contribution is 7.37. The predicted octanol–water partition coefficient (Wildman–Crippen LogP) is 4.17. The Morgan fingerprint density at radius 1 is 1.09 bits per heavy atom. The molecule has 0 aliphatic rings. The van der Waals surface area contributed by atoms with E-state index >= 15 is 0 Å². The Morgan fingerprint density at radius 2 is 1.73 bits per heavy atom. The first-order valence-electron chi connectivity index (χ1n) is 4.79. The monoisotopic (exact) mass is 173 g/mol. The lowest BCUT2D eigenvalue weighted by molar-refractivity contribution is 0.531. The topological polar surface area (TPSA) is 0 Å². The van der Waals surface area contributed by atoms with Gasteiger partial charge in [0.25, 0.3) is 0 Å². The van der Waals surface area contributed by atoms with Crippen molar-refractivity contribution in [1.29, 1.82) is 0 Å². The van der Waals surface area contributed by atoms with Crippen molar-refractivity contribution in [2.75, 3.05) is 6.66 Å². The van der Waals surface area contributed by atoms with Crippen molar-refractivity contribution in [2.24, 2.45) is 5.92 Å². The van der Waals surface area contributed by atoms with Crippen molar-refractivity contribution in [1.82, 2.24) is 0 Å². The molecule has 0 saturated carbocycles. The molecule has 0 aromatic heterocycles. The Bertz CT molecular complexity index is 78.9. The molecule has 0 aliphatic carbocycles. The zero-order chi connectivity index (χ0) is 8.69. The van der Waals surface area contributed by atoms with Gasteiger partial charge in [0.2, 0.25) is 0 Å². The molecule has 0 rings (SSSR count). The fourth-order valence-electron chi connectivity index (χ4n) is 1.26. The third kappa shape index (κ3) is 6.81. The van der Waals surface area contributed by atoms with Gasteiger partial charge in [-0.05, 0) is 5.92 Å². The lowest BCUT2D eigenvalue weighted by Crippen LogP contribution is -2.01. The van der Waals surface area contributed by atoms with Crippen LogP contribution in [0.25, 0.3) is 0 Å². The summed E-state index contributed by atoms with van der Waals surface area (Å²) in [5.74, 6) is 0.885. The SMILES string of the molecule is CCCC(CCC(C)C)[P-]C. The van der Waals surface area contributed by atoms with E-state index in [0.29, 0.717) is 0 Å². The smallest absolute Gasteiger partial charge is 0.0472 e. The summed E-state index contributed by atoms with van der Waals surface area (Å²) in [6.07, 6.45) is 5.61. The molecule has 0 amide bonds. The highest BCUT2D eigenvalue weighted by Gasteiger charge is 1.97. The van der Waals surface area contributed by atoms with Crippen molar-refractivity contribution in [3.8, 4) is 0 Å². The van der Waals surface area contributed by atoms with Gasteiger partial charge in [-0.2, -0.15) is 12.3 Å². The molecule has 1 heteroatoms. The van der Waals surface area contributed by atoms with Crippen LogP contribution in [0.2, 0.25) is 0 Å². The third-order valence-corrected chi connectivity index (χ3v) is 3.31. The van der Waals surface area contributed by atoms with Gasteiger partial charge in [0.1, 0.15) is 0 Å². The molecular formula is C10H22P-. The summed E-state index contributed by atoms with van der Waals surface area (Å²) in [6.45, 7) is 9.21. The average molecular weight is 173 g/mol. The van der Waals surface area contributed by atoms with Gasteiger partial charge in [-0.3, -0.25) is 0 Å². The fourth-order valence-corrected chi connectivity index (χ4v) is 2.19. The van der Waals surface area contributed by atoms with E-state index in [-0.39, 0.29) is 0 Å². The third-order valence-electron chi connectivity index (χ3n) is 2.06. The summed E-state index contributed by atoms with van der Waals surface area (Å²) in [4.78, 5) is 0. The molecule has 0 fully saturated rings. The normalized spacial score (nSPS) is 15.0. The summed E-state index contributed by atoms with van der Waals surface area (Å²) >= 11 is 0. The minimum Gasteiger partial charge on any atom is -0.540 e. The van der Waals surface area contributed by atoms with Crippen molar-refractivity contribution in [2.45, 2.75) is 52.1 Å². The first-order chi connectivity index (χ1) is 5.20. The molecule has 0 aromatic carbocycles. The zero-order valence-electron chi connectivity index (χ0n) is 8.43. The van der Waals surface area contributed by atoms with Gasteiger partial charge < -0.3 is 8.58 Å². The molecule has 11 heavy (non-hydrogen) atoms. The second-order valence-corrected chi connectivity index (χ2v) is 4.92. The van der Waals surface area contributed by atoms with Crippen molar-refractivity contribution >= 4 is 8.58 Å². The maximum Gasteiger partial charge on any atom is -0.0472 e. The van der Waals surface area contributed by atoms with E-state index in [1.165, 1.54) is 25.7 Å². The predicted molar refractivity (Wildman–Crippen MR) is 55.6 cm³/mol. The van der Waals surface area contributed by atoms with Crippen LogP contribution in [0.5, 0.6) is 0 Å². The van der Waals surface area contributed by atoms with Gasteiger partial charge in [0, 0.05) is 0 Å². The van der Waals surface area contributed by atoms with Crippen LogP contribution in [-0.4, -0.2) is 12.3 Å². The van der Waals surface area contributed by atoms with E-state index in [1.54, 1.807) is 8.58 Å². The molecule has 0 radical (unpaired) electrons. The van der Waals surface area contributed by atoms with Crippen molar-refractivity contribution in [3.63, 3.8) is 0 Å². The van der Waals surface area contributed by atoms with Crippen LogP contribution in [-0.2, 0) is 0 Å².